The Morgan fingerprint density at radius 3 is 2.47 bits per heavy atom. The molecule has 0 aromatic heterocycles. The van der Waals surface area contributed by atoms with Crippen molar-refractivity contribution in [1.82, 2.24) is 0 Å². The van der Waals surface area contributed by atoms with E-state index in [9.17, 15) is 9.18 Å². The number of benzene rings is 1. The smallest absolute Gasteiger partial charge is 0.175 e. The Labute approximate surface area is 106 Å². The predicted octanol–water partition coefficient (Wildman–Crippen LogP) is 4.07. The Kier molecular flexibility index (Phi) is 4.21. The van der Waals surface area contributed by atoms with Gasteiger partial charge in [-0.25, -0.2) is 4.39 Å². The first kappa shape index (κ1) is 12.6. The Balaban J connectivity index is 1.96. The zero-order valence-corrected chi connectivity index (χ0v) is 10.8. The predicted molar refractivity (Wildman–Crippen MR) is 70.0 cm³/mol. The van der Waals surface area contributed by atoms with Crippen molar-refractivity contribution in [2.24, 2.45) is 0 Å². The summed E-state index contributed by atoms with van der Waals surface area (Å²) in [6.07, 6.45) is 5.03. The van der Waals surface area contributed by atoms with Gasteiger partial charge < -0.3 is 0 Å². The fourth-order valence-corrected chi connectivity index (χ4v) is 3.67. The fraction of sp³-hybridized carbons (Fsp3) is 0.500. The number of carbonyl (C=O) groups is 1. The lowest BCUT2D eigenvalue weighted by Gasteiger charge is -2.15. The zero-order valence-electron chi connectivity index (χ0n) is 9.99. The quantitative estimate of drug-likeness (QED) is 0.751. The Morgan fingerprint density at radius 2 is 1.88 bits per heavy atom. The van der Waals surface area contributed by atoms with Crippen LogP contribution in [0.25, 0.3) is 0 Å². The third-order valence-corrected chi connectivity index (χ3v) is 4.68. The van der Waals surface area contributed by atoms with Crippen molar-refractivity contribution in [3.05, 3.63) is 35.6 Å². The van der Waals surface area contributed by atoms with Gasteiger partial charge in [-0.1, -0.05) is 12.8 Å². The first-order valence-corrected chi connectivity index (χ1v) is 7.06. The molecule has 92 valence electrons. The molecule has 0 heterocycles. The first-order valence-electron chi connectivity index (χ1n) is 6.12. The molecule has 0 aliphatic heterocycles. The van der Waals surface area contributed by atoms with Gasteiger partial charge in [-0.2, -0.15) is 0 Å². The molecule has 1 atom stereocenters. The lowest BCUT2D eigenvalue weighted by Crippen LogP contribution is -2.16. The molecular weight excluding hydrogens is 235 g/mol. The Bertz CT molecular complexity index is 382. The van der Waals surface area contributed by atoms with Crippen molar-refractivity contribution < 1.29 is 9.18 Å². The van der Waals surface area contributed by atoms with Crippen LogP contribution < -0.4 is 0 Å². The molecule has 1 saturated carbocycles. The van der Waals surface area contributed by atoms with E-state index in [1.54, 1.807) is 23.9 Å². The summed E-state index contributed by atoms with van der Waals surface area (Å²) in [6, 6.07) is 5.84. The summed E-state index contributed by atoms with van der Waals surface area (Å²) in [5.41, 5.74) is 0.615. The van der Waals surface area contributed by atoms with Crippen LogP contribution in [0.1, 0.15) is 43.0 Å². The minimum Gasteiger partial charge on any atom is -0.293 e. The zero-order chi connectivity index (χ0) is 12.3. The number of hydrogen-bond acceptors (Lipinski definition) is 2. The maximum absolute atomic E-state index is 12.8. The average Bonchev–Trinajstić information content (AvgIpc) is 2.82. The van der Waals surface area contributed by atoms with Gasteiger partial charge in [0.15, 0.2) is 5.78 Å². The van der Waals surface area contributed by atoms with Crippen LogP contribution in [0.2, 0.25) is 0 Å². The van der Waals surface area contributed by atoms with E-state index < -0.39 is 0 Å². The standard InChI is InChI=1S/C14H17FOS/c1-10(17-13-4-2-3-5-13)14(16)11-6-8-12(15)9-7-11/h6-10,13H,2-5H2,1H3. The molecule has 1 aliphatic rings. The highest BCUT2D eigenvalue weighted by Gasteiger charge is 2.23. The number of Topliss-reactive ketones (excluding diaryl/α,β-unsaturated/α-hetero) is 1. The summed E-state index contributed by atoms with van der Waals surface area (Å²) in [5.74, 6) is -0.181. The number of hydrogen-bond donors (Lipinski definition) is 0. The van der Waals surface area contributed by atoms with Crippen molar-refractivity contribution in [3.63, 3.8) is 0 Å². The van der Waals surface area contributed by atoms with E-state index in [0.717, 1.165) is 0 Å². The van der Waals surface area contributed by atoms with E-state index in [-0.39, 0.29) is 16.9 Å². The summed E-state index contributed by atoms with van der Waals surface area (Å²) in [4.78, 5) is 12.1. The van der Waals surface area contributed by atoms with Crippen LogP contribution in [0.5, 0.6) is 0 Å². The molecule has 0 N–H and O–H groups in total. The van der Waals surface area contributed by atoms with Crippen molar-refractivity contribution in [3.8, 4) is 0 Å². The average molecular weight is 252 g/mol. The Hall–Kier alpha value is -0.830. The normalized spacial score (nSPS) is 18.2. The highest BCUT2D eigenvalue weighted by molar-refractivity contribution is 8.01. The van der Waals surface area contributed by atoms with Crippen molar-refractivity contribution >= 4 is 17.5 Å². The van der Waals surface area contributed by atoms with Crippen LogP contribution in [0.15, 0.2) is 24.3 Å². The summed E-state index contributed by atoms with van der Waals surface area (Å²) in [5, 5.41) is 0.609. The summed E-state index contributed by atoms with van der Waals surface area (Å²) in [7, 11) is 0. The van der Waals surface area contributed by atoms with Gasteiger partial charge in [-0.3, -0.25) is 4.79 Å². The monoisotopic (exact) mass is 252 g/mol. The van der Waals surface area contributed by atoms with Crippen LogP contribution in [0.4, 0.5) is 4.39 Å². The molecule has 1 aliphatic carbocycles. The molecule has 1 aromatic carbocycles. The van der Waals surface area contributed by atoms with Gasteiger partial charge in [0.05, 0.1) is 5.25 Å². The molecule has 0 radical (unpaired) electrons. The largest absolute Gasteiger partial charge is 0.293 e. The van der Waals surface area contributed by atoms with E-state index in [1.807, 2.05) is 6.92 Å². The number of thioether (sulfide) groups is 1. The van der Waals surface area contributed by atoms with Crippen LogP contribution in [-0.2, 0) is 0 Å². The van der Waals surface area contributed by atoms with Gasteiger partial charge in [0, 0.05) is 10.8 Å². The van der Waals surface area contributed by atoms with Gasteiger partial charge in [-0.15, -0.1) is 11.8 Å². The summed E-state index contributed by atoms with van der Waals surface area (Å²) in [6.45, 7) is 1.95. The van der Waals surface area contributed by atoms with E-state index >= 15 is 0 Å². The molecular formula is C14H17FOS. The number of halogens is 1. The lowest BCUT2D eigenvalue weighted by molar-refractivity contribution is 0.0993. The molecule has 0 bridgehead atoms. The molecule has 0 spiro atoms. The maximum atomic E-state index is 12.8. The minimum atomic E-state index is -0.294. The van der Waals surface area contributed by atoms with E-state index in [0.29, 0.717) is 10.8 Å². The van der Waals surface area contributed by atoms with E-state index in [1.165, 1.54) is 37.8 Å². The van der Waals surface area contributed by atoms with Crippen LogP contribution in [0, 0.1) is 5.82 Å². The number of carbonyl (C=O) groups excluding carboxylic acids is 1. The number of rotatable bonds is 4. The van der Waals surface area contributed by atoms with Crippen LogP contribution >= 0.6 is 11.8 Å². The molecule has 2 rings (SSSR count). The molecule has 0 saturated heterocycles. The van der Waals surface area contributed by atoms with Gasteiger partial charge in [-0.05, 0) is 44.0 Å². The SMILES string of the molecule is CC(SC1CCCC1)C(=O)c1ccc(F)cc1. The summed E-state index contributed by atoms with van der Waals surface area (Å²) < 4.78 is 12.8. The fourth-order valence-electron chi connectivity index (χ4n) is 2.22. The van der Waals surface area contributed by atoms with Crippen molar-refractivity contribution in [1.29, 1.82) is 0 Å². The van der Waals surface area contributed by atoms with Crippen LogP contribution in [0.3, 0.4) is 0 Å². The Morgan fingerprint density at radius 1 is 1.29 bits per heavy atom. The highest BCUT2D eigenvalue weighted by Crippen LogP contribution is 2.33. The molecule has 0 amide bonds. The second-order valence-corrected chi connectivity index (χ2v) is 6.20. The minimum absolute atomic E-state index is 0.0245. The molecule has 1 fully saturated rings. The lowest BCUT2D eigenvalue weighted by atomic mass is 10.1. The number of ketones is 1. The maximum Gasteiger partial charge on any atom is 0.175 e. The second kappa shape index (κ2) is 5.67. The third kappa shape index (κ3) is 3.32. The van der Waals surface area contributed by atoms with E-state index in [2.05, 4.69) is 0 Å². The summed E-state index contributed by atoms with van der Waals surface area (Å²) >= 11 is 1.77. The topological polar surface area (TPSA) is 17.1 Å². The van der Waals surface area contributed by atoms with Crippen molar-refractivity contribution in [2.75, 3.05) is 0 Å². The molecule has 1 unspecified atom stereocenters. The molecule has 1 aromatic rings. The van der Waals surface area contributed by atoms with E-state index in [4.69, 9.17) is 0 Å². The van der Waals surface area contributed by atoms with Crippen LogP contribution in [-0.4, -0.2) is 16.3 Å². The first-order chi connectivity index (χ1) is 8.16. The van der Waals surface area contributed by atoms with Gasteiger partial charge in [0.2, 0.25) is 0 Å². The van der Waals surface area contributed by atoms with Gasteiger partial charge >= 0.3 is 0 Å². The van der Waals surface area contributed by atoms with Crippen molar-refractivity contribution in [2.45, 2.75) is 43.1 Å². The van der Waals surface area contributed by atoms with Gasteiger partial charge in [0.25, 0.3) is 0 Å². The molecule has 17 heavy (non-hydrogen) atoms. The third-order valence-electron chi connectivity index (χ3n) is 3.20. The second-order valence-electron chi connectivity index (χ2n) is 4.56. The van der Waals surface area contributed by atoms with Gasteiger partial charge in [0.1, 0.15) is 5.82 Å². The molecule has 1 nitrogen and oxygen atoms in total. The molecule has 3 heteroatoms. The highest BCUT2D eigenvalue weighted by atomic mass is 32.2.